The molecule has 1 N–H and O–H groups in total. The van der Waals surface area contributed by atoms with Gasteiger partial charge in [-0.05, 0) is 30.0 Å². The van der Waals surface area contributed by atoms with Gasteiger partial charge in [-0.25, -0.2) is 15.0 Å². The minimum atomic E-state index is -0.851. The fourth-order valence-corrected chi connectivity index (χ4v) is 4.98. The molecule has 5 rings (SSSR count). The van der Waals surface area contributed by atoms with E-state index in [0.717, 1.165) is 40.2 Å². The lowest BCUT2D eigenvalue weighted by Crippen LogP contribution is -2.35. The first-order chi connectivity index (χ1) is 18.7. The topological polar surface area (TPSA) is 76.3 Å². The SMILES string of the molecule is CCN(C)c1ncnc2c1ncn2C(CCO)COC(c1ccccc1)(c1ccccc1)c1ccccc1. The van der Waals surface area contributed by atoms with Crippen LogP contribution in [0.15, 0.2) is 104 Å². The zero-order valence-corrected chi connectivity index (χ0v) is 21.8. The molecule has 1 atom stereocenters. The van der Waals surface area contributed by atoms with Crippen LogP contribution in [0.25, 0.3) is 11.2 Å². The fourth-order valence-electron chi connectivity index (χ4n) is 4.98. The molecular formula is C31H33N5O2. The van der Waals surface area contributed by atoms with E-state index < -0.39 is 5.60 Å². The summed E-state index contributed by atoms with van der Waals surface area (Å²) in [6.45, 7) is 3.21. The Kier molecular flexibility index (Phi) is 7.77. The molecule has 0 fully saturated rings. The molecule has 194 valence electrons. The molecule has 0 radical (unpaired) electrons. The highest BCUT2D eigenvalue weighted by Crippen LogP contribution is 2.41. The van der Waals surface area contributed by atoms with Crippen LogP contribution in [0.2, 0.25) is 0 Å². The van der Waals surface area contributed by atoms with Crippen LogP contribution in [0.5, 0.6) is 0 Å². The van der Waals surface area contributed by atoms with Gasteiger partial charge < -0.3 is 19.3 Å². The number of anilines is 1. The van der Waals surface area contributed by atoms with Crippen LogP contribution in [-0.2, 0) is 10.3 Å². The summed E-state index contributed by atoms with van der Waals surface area (Å²) in [6, 6.07) is 30.7. The molecule has 0 amide bonds. The zero-order valence-electron chi connectivity index (χ0n) is 21.8. The van der Waals surface area contributed by atoms with Crippen LogP contribution < -0.4 is 4.90 Å². The lowest BCUT2D eigenvalue weighted by atomic mass is 9.80. The monoisotopic (exact) mass is 507 g/mol. The van der Waals surface area contributed by atoms with E-state index in [9.17, 15) is 5.11 Å². The molecule has 2 aromatic heterocycles. The third-order valence-corrected chi connectivity index (χ3v) is 7.06. The van der Waals surface area contributed by atoms with Crippen molar-refractivity contribution in [2.45, 2.75) is 25.0 Å². The van der Waals surface area contributed by atoms with Gasteiger partial charge in [0.2, 0.25) is 0 Å². The van der Waals surface area contributed by atoms with Crippen LogP contribution in [-0.4, -0.2) is 51.4 Å². The van der Waals surface area contributed by atoms with Gasteiger partial charge in [-0.15, -0.1) is 0 Å². The highest BCUT2D eigenvalue weighted by molar-refractivity contribution is 5.83. The van der Waals surface area contributed by atoms with Crippen LogP contribution >= 0.6 is 0 Å². The standard InChI is InChI=1S/C31H33N5O2/c1-3-35(2)29-28-30(33-22-32-29)36(23-34-28)27(19-20-37)21-38-31(24-13-7-4-8-14-24,25-15-9-5-10-16-25)26-17-11-6-12-18-26/h4-18,22-23,27,37H,3,19-21H2,1-2H3. The number of ether oxygens (including phenoxy) is 1. The number of benzene rings is 3. The van der Waals surface area contributed by atoms with Crippen molar-refractivity contribution in [2.75, 3.05) is 31.7 Å². The number of rotatable bonds is 11. The number of fused-ring (bicyclic) bond motifs is 1. The predicted octanol–water partition coefficient (Wildman–Crippen LogP) is 5.21. The second-order valence-electron chi connectivity index (χ2n) is 9.29. The summed E-state index contributed by atoms with van der Waals surface area (Å²) in [5.41, 5.74) is 3.71. The first-order valence-corrected chi connectivity index (χ1v) is 13.0. The van der Waals surface area contributed by atoms with Crippen LogP contribution in [0.3, 0.4) is 0 Å². The molecule has 7 nitrogen and oxygen atoms in total. The summed E-state index contributed by atoms with van der Waals surface area (Å²) in [6.07, 6.45) is 3.84. The summed E-state index contributed by atoms with van der Waals surface area (Å²) in [5, 5.41) is 10.0. The molecule has 0 aliphatic rings. The van der Waals surface area contributed by atoms with Crippen molar-refractivity contribution in [1.82, 2.24) is 19.5 Å². The van der Waals surface area contributed by atoms with Gasteiger partial charge in [-0.1, -0.05) is 91.0 Å². The molecule has 7 heteroatoms. The lowest BCUT2D eigenvalue weighted by Gasteiger charge is -2.37. The van der Waals surface area contributed by atoms with E-state index >= 15 is 0 Å². The van der Waals surface area contributed by atoms with Gasteiger partial charge in [-0.3, -0.25) is 0 Å². The van der Waals surface area contributed by atoms with Crippen LogP contribution in [0.1, 0.15) is 36.1 Å². The maximum absolute atomic E-state index is 10.0. The Hall–Kier alpha value is -4.07. The molecule has 38 heavy (non-hydrogen) atoms. The van der Waals surface area contributed by atoms with Crippen LogP contribution in [0.4, 0.5) is 5.82 Å². The summed E-state index contributed by atoms with van der Waals surface area (Å²) in [5.74, 6) is 0.784. The third-order valence-electron chi connectivity index (χ3n) is 7.06. The Morgan fingerprint density at radius 3 is 1.89 bits per heavy atom. The second-order valence-corrected chi connectivity index (χ2v) is 9.29. The third kappa shape index (κ3) is 4.78. The molecular weight excluding hydrogens is 474 g/mol. The maximum Gasteiger partial charge on any atom is 0.165 e. The molecule has 1 unspecified atom stereocenters. The van der Waals surface area contributed by atoms with E-state index in [1.165, 1.54) is 0 Å². The Morgan fingerprint density at radius 2 is 1.39 bits per heavy atom. The molecule has 0 aliphatic heterocycles. The van der Waals surface area contributed by atoms with Crippen molar-refractivity contribution in [3.8, 4) is 0 Å². The van der Waals surface area contributed by atoms with E-state index in [2.05, 4.69) is 58.3 Å². The van der Waals surface area contributed by atoms with E-state index in [1.807, 2.05) is 71.1 Å². The number of aliphatic hydroxyl groups is 1. The average molecular weight is 508 g/mol. The Balaban J connectivity index is 1.60. The second kappa shape index (κ2) is 11.5. The molecule has 0 saturated heterocycles. The van der Waals surface area contributed by atoms with E-state index in [0.29, 0.717) is 13.0 Å². The Labute approximate surface area is 223 Å². The van der Waals surface area contributed by atoms with Crippen LogP contribution in [0, 0.1) is 0 Å². The first kappa shape index (κ1) is 25.6. The van der Waals surface area contributed by atoms with Crippen molar-refractivity contribution >= 4 is 17.0 Å². The van der Waals surface area contributed by atoms with Gasteiger partial charge >= 0.3 is 0 Å². The van der Waals surface area contributed by atoms with Gasteiger partial charge in [0.05, 0.1) is 19.0 Å². The van der Waals surface area contributed by atoms with E-state index in [4.69, 9.17) is 4.74 Å². The van der Waals surface area contributed by atoms with Crippen molar-refractivity contribution in [2.24, 2.45) is 0 Å². The van der Waals surface area contributed by atoms with Crippen molar-refractivity contribution < 1.29 is 9.84 Å². The van der Waals surface area contributed by atoms with Gasteiger partial charge in [-0.2, -0.15) is 0 Å². The molecule has 0 saturated carbocycles. The predicted molar refractivity (Wildman–Crippen MR) is 150 cm³/mol. The summed E-state index contributed by atoms with van der Waals surface area (Å²) < 4.78 is 9.07. The highest BCUT2D eigenvalue weighted by Gasteiger charge is 2.38. The number of hydrogen-bond donors (Lipinski definition) is 1. The number of nitrogens with zero attached hydrogens (tertiary/aromatic N) is 5. The zero-order chi connectivity index (χ0) is 26.4. The Bertz CT molecular complexity index is 1340. The Morgan fingerprint density at radius 1 is 0.842 bits per heavy atom. The largest absolute Gasteiger partial charge is 0.396 e. The molecule has 0 spiro atoms. The maximum atomic E-state index is 10.0. The van der Waals surface area contributed by atoms with E-state index in [-0.39, 0.29) is 12.6 Å². The smallest absolute Gasteiger partial charge is 0.165 e. The summed E-state index contributed by atoms with van der Waals surface area (Å²) in [4.78, 5) is 15.7. The highest BCUT2D eigenvalue weighted by atomic mass is 16.5. The van der Waals surface area contributed by atoms with Gasteiger partial charge in [0.25, 0.3) is 0 Å². The molecule has 3 aromatic carbocycles. The molecule has 2 heterocycles. The fraction of sp³-hybridized carbons (Fsp3) is 0.258. The van der Waals surface area contributed by atoms with Crippen molar-refractivity contribution in [3.05, 3.63) is 120 Å². The molecule has 5 aromatic rings. The quantitative estimate of drug-likeness (QED) is 0.247. The first-order valence-electron chi connectivity index (χ1n) is 13.0. The van der Waals surface area contributed by atoms with Crippen molar-refractivity contribution in [1.29, 1.82) is 0 Å². The number of imidazole rings is 1. The molecule has 0 aliphatic carbocycles. The summed E-state index contributed by atoms with van der Waals surface area (Å²) >= 11 is 0. The molecule has 0 bridgehead atoms. The lowest BCUT2D eigenvalue weighted by molar-refractivity contribution is -0.00889. The van der Waals surface area contributed by atoms with Gasteiger partial charge in [0, 0.05) is 20.2 Å². The van der Waals surface area contributed by atoms with E-state index in [1.54, 1.807) is 12.7 Å². The number of aromatic nitrogens is 4. The normalized spacial score (nSPS) is 12.5. The summed E-state index contributed by atoms with van der Waals surface area (Å²) in [7, 11) is 1.99. The van der Waals surface area contributed by atoms with Gasteiger partial charge in [0.15, 0.2) is 17.0 Å². The minimum absolute atomic E-state index is 0.00944. The number of aliphatic hydroxyl groups excluding tert-OH is 1. The van der Waals surface area contributed by atoms with Gasteiger partial charge in [0.1, 0.15) is 11.9 Å². The number of hydrogen-bond acceptors (Lipinski definition) is 6. The minimum Gasteiger partial charge on any atom is -0.396 e. The van der Waals surface area contributed by atoms with Crippen molar-refractivity contribution in [3.63, 3.8) is 0 Å². The average Bonchev–Trinajstić information content (AvgIpc) is 3.42.